The molecule has 2 aliphatic rings. The van der Waals surface area contributed by atoms with Crippen molar-refractivity contribution in [2.45, 2.75) is 65.0 Å². The maximum atomic E-state index is 12.2. The standard InChI is InChI=1S/C18H31N3O5/c1-5-6-16(23)26-21-12-11-20(13-15(21)22)14-7-9-19(10-8-14)17(24)25-18(2,3)4/h14H,5-13H2,1-4H3. The Morgan fingerprint density at radius 3 is 2.31 bits per heavy atom. The highest BCUT2D eigenvalue weighted by Crippen LogP contribution is 2.21. The summed E-state index contributed by atoms with van der Waals surface area (Å²) in [7, 11) is 0. The summed E-state index contributed by atoms with van der Waals surface area (Å²) in [5, 5.41) is 1.18. The average Bonchev–Trinajstić information content (AvgIpc) is 2.55. The fourth-order valence-electron chi connectivity index (χ4n) is 3.20. The molecule has 148 valence electrons. The summed E-state index contributed by atoms with van der Waals surface area (Å²) in [6.45, 7) is 10.0. The zero-order valence-corrected chi connectivity index (χ0v) is 16.3. The third-order valence-corrected chi connectivity index (χ3v) is 4.51. The van der Waals surface area contributed by atoms with Crippen molar-refractivity contribution >= 4 is 18.0 Å². The Bertz CT molecular complexity index is 523. The van der Waals surface area contributed by atoms with E-state index in [1.54, 1.807) is 4.90 Å². The van der Waals surface area contributed by atoms with Gasteiger partial charge in [0.15, 0.2) is 0 Å². The van der Waals surface area contributed by atoms with Gasteiger partial charge in [-0.15, -0.1) is 0 Å². The van der Waals surface area contributed by atoms with Crippen LogP contribution in [0.4, 0.5) is 4.79 Å². The fraction of sp³-hybridized carbons (Fsp3) is 0.833. The molecule has 2 rings (SSSR count). The van der Waals surface area contributed by atoms with Gasteiger partial charge in [-0.1, -0.05) is 6.92 Å². The number of hydrogen-bond donors (Lipinski definition) is 0. The van der Waals surface area contributed by atoms with Gasteiger partial charge in [-0.3, -0.25) is 9.69 Å². The van der Waals surface area contributed by atoms with Crippen LogP contribution in [0.2, 0.25) is 0 Å². The van der Waals surface area contributed by atoms with Crippen LogP contribution in [0.15, 0.2) is 0 Å². The number of nitrogens with zero attached hydrogens (tertiary/aromatic N) is 3. The Labute approximate surface area is 155 Å². The van der Waals surface area contributed by atoms with Gasteiger partial charge in [-0.05, 0) is 40.0 Å². The molecule has 0 bridgehead atoms. The summed E-state index contributed by atoms with van der Waals surface area (Å²) < 4.78 is 5.41. The topological polar surface area (TPSA) is 79.4 Å². The molecule has 0 aromatic carbocycles. The minimum absolute atomic E-state index is 0.185. The number of hydroxylamine groups is 2. The molecule has 0 N–H and O–H groups in total. The fourth-order valence-corrected chi connectivity index (χ4v) is 3.20. The smallest absolute Gasteiger partial charge is 0.410 e. The summed E-state index contributed by atoms with van der Waals surface area (Å²) in [5.41, 5.74) is -0.494. The number of carbonyl (C=O) groups is 3. The highest BCUT2D eigenvalue weighted by Gasteiger charge is 2.34. The molecule has 0 saturated carbocycles. The molecule has 8 nitrogen and oxygen atoms in total. The first kappa shape index (κ1) is 20.5. The van der Waals surface area contributed by atoms with E-state index in [0.29, 0.717) is 39.0 Å². The van der Waals surface area contributed by atoms with Crippen molar-refractivity contribution in [2.24, 2.45) is 0 Å². The van der Waals surface area contributed by atoms with E-state index in [-0.39, 0.29) is 30.6 Å². The van der Waals surface area contributed by atoms with Crippen molar-refractivity contribution in [1.29, 1.82) is 0 Å². The Balaban J connectivity index is 1.78. The van der Waals surface area contributed by atoms with Crippen LogP contribution >= 0.6 is 0 Å². The van der Waals surface area contributed by atoms with Crippen LogP contribution in [0.3, 0.4) is 0 Å². The molecule has 2 amide bonds. The van der Waals surface area contributed by atoms with Gasteiger partial charge in [0.05, 0.1) is 13.1 Å². The Hall–Kier alpha value is -1.83. The molecule has 2 heterocycles. The van der Waals surface area contributed by atoms with Crippen molar-refractivity contribution in [1.82, 2.24) is 14.9 Å². The maximum Gasteiger partial charge on any atom is 0.410 e. The summed E-state index contributed by atoms with van der Waals surface area (Å²) in [4.78, 5) is 44.9. The SMILES string of the molecule is CCCC(=O)ON1CCN(C2CCN(C(=O)OC(C)(C)C)CC2)CC1=O. The molecule has 8 heteroatoms. The lowest BCUT2D eigenvalue weighted by atomic mass is 10.0. The molecule has 0 aromatic rings. The first-order valence-electron chi connectivity index (χ1n) is 9.42. The van der Waals surface area contributed by atoms with Crippen LogP contribution in [-0.2, 0) is 19.2 Å². The average molecular weight is 369 g/mol. The van der Waals surface area contributed by atoms with Crippen LogP contribution in [0, 0.1) is 0 Å². The van der Waals surface area contributed by atoms with Crippen LogP contribution in [0.1, 0.15) is 53.4 Å². The summed E-state index contributed by atoms with van der Waals surface area (Å²) >= 11 is 0. The summed E-state index contributed by atoms with van der Waals surface area (Å²) in [5.74, 6) is -0.546. The largest absolute Gasteiger partial charge is 0.444 e. The Morgan fingerprint density at radius 2 is 1.77 bits per heavy atom. The van der Waals surface area contributed by atoms with E-state index in [4.69, 9.17) is 9.57 Å². The van der Waals surface area contributed by atoms with Gasteiger partial charge in [0.1, 0.15) is 5.60 Å². The van der Waals surface area contributed by atoms with E-state index in [2.05, 4.69) is 4.90 Å². The van der Waals surface area contributed by atoms with Gasteiger partial charge in [0.25, 0.3) is 5.91 Å². The van der Waals surface area contributed by atoms with Crippen LogP contribution in [0.25, 0.3) is 0 Å². The molecule has 0 aliphatic carbocycles. The van der Waals surface area contributed by atoms with E-state index in [9.17, 15) is 14.4 Å². The third kappa shape index (κ3) is 5.86. The van der Waals surface area contributed by atoms with Gasteiger partial charge in [0.2, 0.25) is 0 Å². The first-order chi connectivity index (χ1) is 12.2. The minimum atomic E-state index is -0.494. The van der Waals surface area contributed by atoms with Crippen LogP contribution in [-0.4, -0.2) is 77.2 Å². The molecule has 0 aromatic heterocycles. The Kier molecular flexibility index (Phi) is 6.86. The number of amides is 2. The molecule has 0 atom stereocenters. The zero-order valence-electron chi connectivity index (χ0n) is 16.3. The van der Waals surface area contributed by atoms with Crippen LogP contribution in [0.5, 0.6) is 0 Å². The minimum Gasteiger partial charge on any atom is -0.444 e. The molecule has 0 unspecified atom stereocenters. The maximum absolute atomic E-state index is 12.2. The summed E-state index contributed by atoms with van der Waals surface area (Å²) in [6.07, 6.45) is 2.35. The van der Waals surface area contributed by atoms with E-state index in [1.807, 2.05) is 27.7 Å². The van der Waals surface area contributed by atoms with E-state index < -0.39 is 5.60 Å². The third-order valence-electron chi connectivity index (χ3n) is 4.51. The number of likely N-dealkylation sites (tertiary alicyclic amines) is 1. The van der Waals surface area contributed by atoms with Crippen molar-refractivity contribution in [3.05, 3.63) is 0 Å². The lowest BCUT2D eigenvalue weighted by Crippen LogP contribution is -2.56. The number of ether oxygens (including phenoxy) is 1. The van der Waals surface area contributed by atoms with Crippen LogP contribution < -0.4 is 0 Å². The molecule has 2 saturated heterocycles. The highest BCUT2D eigenvalue weighted by molar-refractivity contribution is 5.80. The Morgan fingerprint density at radius 1 is 1.12 bits per heavy atom. The molecule has 0 spiro atoms. The number of rotatable bonds is 4. The van der Waals surface area contributed by atoms with E-state index >= 15 is 0 Å². The second-order valence-electron chi connectivity index (χ2n) is 7.88. The predicted molar refractivity (Wildman–Crippen MR) is 95.1 cm³/mol. The monoisotopic (exact) mass is 369 g/mol. The van der Waals surface area contributed by atoms with Gasteiger partial charge in [0, 0.05) is 32.1 Å². The lowest BCUT2D eigenvalue weighted by Gasteiger charge is -2.41. The highest BCUT2D eigenvalue weighted by atomic mass is 16.7. The first-order valence-corrected chi connectivity index (χ1v) is 9.42. The number of hydrogen-bond acceptors (Lipinski definition) is 6. The molecular weight excluding hydrogens is 338 g/mol. The number of piperazine rings is 1. The quantitative estimate of drug-likeness (QED) is 0.752. The lowest BCUT2D eigenvalue weighted by molar-refractivity contribution is -0.205. The molecule has 0 radical (unpaired) electrons. The molecule has 2 aliphatic heterocycles. The van der Waals surface area contributed by atoms with E-state index in [0.717, 1.165) is 12.8 Å². The number of piperidine rings is 1. The van der Waals surface area contributed by atoms with E-state index in [1.165, 1.54) is 5.06 Å². The second-order valence-corrected chi connectivity index (χ2v) is 7.88. The van der Waals surface area contributed by atoms with Crippen molar-refractivity contribution < 1.29 is 24.0 Å². The van der Waals surface area contributed by atoms with Gasteiger partial charge in [-0.2, -0.15) is 5.06 Å². The van der Waals surface area contributed by atoms with Crippen molar-refractivity contribution in [2.75, 3.05) is 32.7 Å². The zero-order chi connectivity index (χ0) is 19.3. The van der Waals surface area contributed by atoms with Gasteiger partial charge < -0.3 is 14.5 Å². The van der Waals surface area contributed by atoms with Crippen molar-refractivity contribution in [3.8, 4) is 0 Å². The van der Waals surface area contributed by atoms with Crippen molar-refractivity contribution in [3.63, 3.8) is 0 Å². The molecule has 2 fully saturated rings. The molecular formula is C18H31N3O5. The predicted octanol–water partition coefficient (Wildman–Crippen LogP) is 1.79. The van der Waals surface area contributed by atoms with Gasteiger partial charge in [-0.25, -0.2) is 9.59 Å². The molecule has 26 heavy (non-hydrogen) atoms. The number of carbonyl (C=O) groups excluding carboxylic acids is 3. The van der Waals surface area contributed by atoms with Gasteiger partial charge >= 0.3 is 12.1 Å². The summed E-state index contributed by atoms with van der Waals surface area (Å²) in [6, 6.07) is 0.256. The normalized spacial score (nSPS) is 20.2. The second kappa shape index (κ2) is 8.70.